The number of nitrogens with zero attached hydrogens (tertiary/aromatic N) is 2. The second-order valence-electron chi connectivity index (χ2n) is 5.83. The van der Waals surface area contributed by atoms with Crippen molar-refractivity contribution in [3.05, 3.63) is 18.2 Å². The fourth-order valence-electron chi connectivity index (χ4n) is 2.35. The third-order valence-corrected chi connectivity index (χ3v) is 3.72. The van der Waals surface area contributed by atoms with Crippen LogP contribution in [0.1, 0.15) is 20.3 Å². The van der Waals surface area contributed by atoms with Gasteiger partial charge in [-0.15, -0.1) is 24.0 Å². The maximum Gasteiger partial charge on any atom is 0.195 e. The number of likely N-dealkylation sites (N-methyl/N-ethyl adjacent to an activating group) is 1. The highest BCUT2D eigenvalue weighted by Gasteiger charge is 2.07. The van der Waals surface area contributed by atoms with Crippen LogP contribution in [0.4, 0.5) is 5.69 Å². The zero-order valence-electron chi connectivity index (χ0n) is 17.2. The Morgan fingerprint density at radius 3 is 2.56 bits per heavy atom. The van der Waals surface area contributed by atoms with E-state index < -0.39 is 0 Å². The van der Waals surface area contributed by atoms with E-state index in [-0.39, 0.29) is 24.0 Å². The molecule has 0 heterocycles. The van der Waals surface area contributed by atoms with Gasteiger partial charge < -0.3 is 29.7 Å². The highest BCUT2D eigenvalue weighted by atomic mass is 127. The number of aliphatic imine (C=N–C) groups is 1. The molecule has 1 rings (SSSR count). The molecule has 0 unspecified atom stereocenters. The Kier molecular flexibility index (Phi) is 15.0. The SMILES string of the molecule is CCNC(=NCCCN(C)CCOC)Nc1ccc(OCC)c(OC)c1.I. The number of guanidine groups is 1. The van der Waals surface area contributed by atoms with E-state index in [9.17, 15) is 0 Å². The molecule has 0 amide bonds. The quantitative estimate of drug-likeness (QED) is 0.202. The molecule has 0 saturated carbocycles. The van der Waals surface area contributed by atoms with Gasteiger partial charge in [-0.2, -0.15) is 0 Å². The summed E-state index contributed by atoms with van der Waals surface area (Å²) in [6.07, 6.45) is 0.989. The Labute approximate surface area is 180 Å². The number of hydrogen-bond acceptors (Lipinski definition) is 5. The normalized spacial score (nSPS) is 11.1. The van der Waals surface area contributed by atoms with Gasteiger partial charge in [0.1, 0.15) is 0 Å². The van der Waals surface area contributed by atoms with Crippen molar-refractivity contribution in [1.29, 1.82) is 0 Å². The molecule has 0 aliphatic heterocycles. The number of ether oxygens (including phenoxy) is 3. The van der Waals surface area contributed by atoms with E-state index in [1.807, 2.05) is 25.1 Å². The summed E-state index contributed by atoms with van der Waals surface area (Å²) in [5, 5.41) is 6.58. The second-order valence-corrected chi connectivity index (χ2v) is 5.83. The largest absolute Gasteiger partial charge is 0.493 e. The van der Waals surface area contributed by atoms with Crippen molar-refractivity contribution >= 4 is 35.6 Å². The molecular weight excluding hydrogens is 459 g/mol. The Balaban J connectivity index is 0.00000676. The minimum Gasteiger partial charge on any atom is -0.493 e. The molecule has 0 saturated heterocycles. The molecule has 0 spiro atoms. The third kappa shape index (κ3) is 10.6. The molecule has 0 aliphatic rings. The topological polar surface area (TPSA) is 67.4 Å². The molecular formula is C19H35IN4O3. The van der Waals surface area contributed by atoms with Crippen LogP contribution in [-0.2, 0) is 4.74 Å². The lowest BCUT2D eigenvalue weighted by Crippen LogP contribution is -2.31. The van der Waals surface area contributed by atoms with Crippen molar-refractivity contribution in [2.24, 2.45) is 4.99 Å². The van der Waals surface area contributed by atoms with Crippen LogP contribution in [0.2, 0.25) is 0 Å². The molecule has 2 N–H and O–H groups in total. The summed E-state index contributed by atoms with van der Waals surface area (Å²) < 4.78 is 16.0. The molecule has 0 aromatic heterocycles. The van der Waals surface area contributed by atoms with Gasteiger partial charge in [-0.25, -0.2) is 0 Å². The summed E-state index contributed by atoms with van der Waals surface area (Å²) in [4.78, 5) is 6.89. The molecule has 8 heteroatoms. The third-order valence-electron chi connectivity index (χ3n) is 3.72. The van der Waals surface area contributed by atoms with Crippen LogP contribution in [0.25, 0.3) is 0 Å². The molecule has 1 aromatic rings. The number of benzene rings is 1. The van der Waals surface area contributed by atoms with Gasteiger partial charge in [0, 0.05) is 38.5 Å². The van der Waals surface area contributed by atoms with Gasteiger partial charge in [0.2, 0.25) is 0 Å². The molecule has 0 aliphatic carbocycles. The lowest BCUT2D eigenvalue weighted by atomic mass is 10.2. The number of halogens is 1. The van der Waals surface area contributed by atoms with Crippen molar-refractivity contribution in [2.45, 2.75) is 20.3 Å². The summed E-state index contributed by atoms with van der Waals surface area (Å²) in [6, 6.07) is 5.77. The van der Waals surface area contributed by atoms with E-state index in [1.54, 1.807) is 14.2 Å². The lowest BCUT2D eigenvalue weighted by Gasteiger charge is -2.16. The highest BCUT2D eigenvalue weighted by Crippen LogP contribution is 2.30. The van der Waals surface area contributed by atoms with Crippen molar-refractivity contribution in [3.63, 3.8) is 0 Å². The molecule has 0 radical (unpaired) electrons. The first-order chi connectivity index (χ1) is 12.6. The predicted molar refractivity (Wildman–Crippen MR) is 123 cm³/mol. The number of hydrogen-bond donors (Lipinski definition) is 2. The van der Waals surface area contributed by atoms with Crippen LogP contribution in [-0.4, -0.2) is 71.5 Å². The molecule has 27 heavy (non-hydrogen) atoms. The minimum absolute atomic E-state index is 0. The monoisotopic (exact) mass is 494 g/mol. The van der Waals surface area contributed by atoms with Crippen molar-refractivity contribution in [2.75, 3.05) is 66.0 Å². The fourth-order valence-corrected chi connectivity index (χ4v) is 2.35. The Hall–Kier alpha value is -1.26. The van der Waals surface area contributed by atoms with Crippen molar-refractivity contribution in [3.8, 4) is 11.5 Å². The average molecular weight is 494 g/mol. The molecule has 7 nitrogen and oxygen atoms in total. The first-order valence-corrected chi connectivity index (χ1v) is 9.18. The average Bonchev–Trinajstić information content (AvgIpc) is 2.64. The molecule has 156 valence electrons. The van der Waals surface area contributed by atoms with E-state index in [4.69, 9.17) is 14.2 Å². The van der Waals surface area contributed by atoms with E-state index in [1.165, 1.54) is 0 Å². The molecule has 0 bridgehead atoms. The smallest absolute Gasteiger partial charge is 0.195 e. The van der Waals surface area contributed by atoms with Gasteiger partial charge in [0.05, 0.1) is 20.3 Å². The van der Waals surface area contributed by atoms with Crippen LogP contribution in [0, 0.1) is 0 Å². The van der Waals surface area contributed by atoms with Crippen LogP contribution in [0.3, 0.4) is 0 Å². The molecule has 0 atom stereocenters. The Morgan fingerprint density at radius 2 is 1.93 bits per heavy atom. The van der Waals surface area contributed by atoms with Gasteiger partial charge in [0.15, 0.2) is 17.5 Å². The van der Waals surface area contributed by atoms with E-state index in [0.29, 0.717) is 12.4 Å². The fraction of sp³-hybridized carbons (Fsp3) is 0.632. The Bertz CT molecular complexity index is 544. The van der Waals surface area contributed by atoms with E-state index >= 15 is 0 Å². The summed E-state index contributed by atoms with van der Waals surface area (Å²) >= 11 is 0. The lowest BCUT2D eigenvalue weighted by molar-refractivity contribution is 0.161. The Morgan fingerprint density at radius 1 is 1.15 bits per heavy atom. The maximum absolute atomic E-state index is 5.55. The summed E-state index contributed by atoms with van der Waals surface area (Å²) in [7, 11) is 5.46. The number of rotatable bonds is 12. The van der Waals surface area contributed by atoms with Crippen LogP contribution in [0.5, 0.6) is 11.5 Å². The van der Waals surface area contributed by atoms with Gasteiger partial charge >= 0.3 is 0 Å². The van der Waals surface area contributed by atoms with Gasteiger partial charge in [-0.1, -0.05) is 0 Å². The van der Waals surface area contributed by atoms with E-state index in [0.717, 1.165) is 56.6 Å². The van der Waals surface area contributed by atoms with Gasteiger partial charge in [0.25, 0.3) is 0 Å². The zero-order valence-corrected chi connectivity index (χ0v) is 19.5. The molecule has 0 fully saturated rings. The highest BCUT2D eigenvalue weighted by molar-refractivity contribution is 14.0. The summed E-state index contributed by atoms with van der Waals surface area (Å²) in [5.74, 6) is 2.20. The van der Waals surface area contributed by atoms with E-state index in [2.05, 4.69) is 34.5 Å². The number of nitrogens with one attached hydrogen (secondary N) is 2. The minimum atomic E-state index is 0. The van der Waals surface area contributed by atoms with Crippen LogP contribution >= 0.6 is 24.0 Å². The first-order valence-electron chi connectivity index (χ1n) is 9.18. The number of anilines is 1. The maximum atomic E-state index is 5.55. The summed E-state index contributed by atoms with van der Waals surface area (Å²) in [5.41, 5.74) is 0.905. The first kappa shape index (κ1) is 25.7. The molecule has 1 aromatic carbocycles. The predicted octanol–water partition coefficient (Wildman–Crippen LogP) is 3.06. The standard InChI is InChI=1S/C19H34N4O3.HI/c1-6-20-19(21-11-8-12-23(3)13-14-24-4)22-16-9-10-17(26-7-2)18(15-16)25-5;/h9-10,15H,6-8,11-14H2,1-5H3,(H2,20,21,22);1H. The number of methoxy groups -OCH3 is 2. The van der Waals surface area contributed by atoms with Crippen molar-refractivity contribution in [1.82, 2.24) is 10.2 Å². The van der Waals surface area contributed by atoms with Gasteiger partial charge in [-0.3, -0.25) is 4.99 Å². The van der Waals surface area contributed by atoms with Gasteiger partial charge in [-0.05, 0) is 46.0 Å². The summed E-state index contributed by atoms with van der Waals surface area (Å²) in [6.45, 7) is 8.83. The zero-order chi connectivity index (χ0) is 19.2. The van der Waals surface area contributed by atoms with Crippen molar-refractivity contribution < 1.29 is 14.2 Å². The van der Waals surface area contributed by atoms with Crippen LogP contribution in [0.15, 0.2) is 23.2 Å². The second kappa shape index (κ2) is 15.8. The van der Waals surface area contributed by atoms with Crippen LogP contribution < -0.4 is 20.1 Å².